The lowest BCUT2D eigenvalue weighted by Crippen LogP contribution is -2.47. The number of hydrogen-bond donors (Lipinski definition) is 3. The minimum absolute atomic E-state index is 0. The van der Waals surface area contributed by atoms with Crippen LogP contribution in [-0.4, -0.2) is 30.9 Å². The molecule has 0 spiro atoms. The summed E-state index contributed by atoms with van der Waals surface area (Å²) in [6.45, 7) is 3.06. The average molecular weight is 326 g/mol. The van der Waals surface area contributed by atoms with Gasteiger partial charge in [0.05, 0.1) is 6.04 Å². The van der Waals surface area contributed by atoms with Gasteiger partial charge in [-0.3, -0.25) is 9.59 Å². The number of rotatable bonds is 5. The van der Waals surface area contributed by atoms with Gasteiger partial charge in [0.15, 0.2) is 0 Å². The minimum Gasteiger partial charge on any atom is -0.354 e. The second-order valence-electron chi connectivity index (χ2n) is 5.42. The fraction of sp³-hybridized carbons (Fsp3) is 0.500. The molecule has 1 aromatic carbocycles. The van der Waals surface area contributed by atoms with Crippen LogP contribution >= 0.6 is 12.4 Å². The fourth-order valence-electron chi connectivity index (χ4n) is 2.49. The van der Waals surface area contributed by atoms with Crippen LogP contribution in [0.3, 0.4) is 0 Å². The molecule has 22 heavy (non-hydrogen) atoms. The molecule has 122 valence electrons. The number of halogens is 1. The quantitative estimate of drug-likeness (QED) is 0.774. The standard InChI is InChI=1S/C16H23N3O2.ClH/c1-12(20)19-14-7-5-13(6-8-14)9-11-18-16(21)15-4-2-3-10-17-15;/h5-8,15,17H,2-4,9-11H2,1H3,(H,18,21)(H,19,20);1H. The molecule has 1 saturated heterocycles. The van der Waals surface area contributed by atoms with Crippen LogP contribution in [0.15, 0.2) is 24.3 Å². The highest BCUT2D eigenvalue weighted by Gasteiger charge is 2.19. The summed E-state index contributed by atoms with van der Waals surface area (Å²) in [6, 6.07) is 7.66. The van der Waals surface area contributed by atoms with Gasteiger partial charge < -0.3 is 16.0 Å². The summed E-state index contributed by atoms with van der Waals surface area (Å²) in [5, 5.41) is 8.95. The van der Waals surface area contributed by atoms with E-state index >= 15 is 0 Å². The Bertz CT molecular complexity index is 485. The third kappa shape index (κ3) is 6.03. The second kappa shape index (κ2) is 9.43. The van der Waals surface area contributed by atoms with Crippen molar-refractivity contribution in [1.29, 1.82) is 0 Å². The first-order valence-electron chi connectivity index (χ1n) is 7.53. The van der Waals surface area contributed by atoms with Gasteiger partial charge >= 0.3 is 0 Å². The van der Waals surface area contributed by atoms with E-state index in [-0.39, 0.29) is 30.3 Å². The topological polar surface area (TPSA) is 70.2 Å². The summed E-state index contributed by atoms with van der Waals surface area (Å²) in [5.74, 6) is 0.0274. The molecule has 3 N–H and O–H groups in total. The average Bonchev–Trinajstić information content (AvgIpc) is 2.49. The highest BCUT2D eigenvalue weighted by atomic mass is 35.5. The summed E-state index contributed by atoms with van der Waals surface area (Å²) in [4.78, 5) is 22.9. The zero-order chi connectivity index (χ0) is 15.1. The lowest BCUT2D eigenvalue weighted by molar-refractivity contribution is -0.123. The minimum atomic E-state index is -0.0741. The predicted molar refractivity (Wildman–Crippen MR) is 90.3 cm³/mol. The van der Waals surface area contributed by atoms with Gasteiger partial charge in [-0.25, -0.2) is 0 Å². The van der Waals surface area contributed by atoms with Crippen LogP contribution in [0.4, 0.5) is 5.69 Å². The molecule has 2 amide bonds. The summed E-state index contributed by atoms with van der Waals surface area (Å²) >= 11 is 0. The molecule has 1 heterocycles. The van der Waals surface area contributed by atoms with E-state index in [0.29, 0.717) is 6.54 Å². The Labute approximate surface area is 137 Å². The van der Waals surface area contributed by atoms with Gasteiger partial charge in [-0.1, -0.05) is 18.6 Å². The molecule has 1 aliphatic heterocycles. The van der Waals surface area contributed by atoms with Gasteiger partial charge in [0.1, 0.15) is 0 Å². The number of carbonyl (C=O) groups is 2. The van der Waals surface area contributed by atoms with Gasteiger partial charge in [0.25, 0.3) is 0 Å². The molecule has 1 atom stereocenters. The van der Waals surface area contributed by atoms with E-state index in [2.05, 4.69) is 16.0 Å². The van der Waals surface area contributed by atoms with Crippen molar-refractivity contribution < 1.29 is 9.59 Å². The number of nitrogens with one attached hydrogen (secondary N) is 3. The normalized spacial score (nSPS) is 17.2. The molecule has 0 radical (unpaired) electrons. The summed E-state index contributed by atoms with van der Waals surface area (Å²) < 4.78 is 0. The molecule has 1 unspecified atom stereocenters. The molecule has 5 nitrogen and oxygen atoms in total. The molecule has 0 saturated carbocycles. The van der Waals surface area contributed by atoms with Crippen molar-refractivity contribution in [3.05, 3.63) is 29.8 Å². The Morgan fingerprint density at radius 1 is 1.23 bits per heavy atom. The molecule has 6 heteroatoms. The van der Waals surface area contributed by atoms with Crippen molar-refractivity contribution in [1.82, 2.24) is 10.6 Å². The molecule has 1 fully saturated rings. The highest BCUT2D eigenvalue weighted by Crippen LogP contribution is 2.10. The van der Waals surface area contributed by atoms with Crippen molar-refractivity contribution in [3.8, 4) is 0 Å². The maximum Gasteiger partial charge on any atom is 0.237 e. The van der Waals surface area contributed by atoms with Gasteiger partial charge in [-0.05, 0) is 43.5 Å². The first kappa shape index (κ1) is 18.5. The van der Waals surface area contributed by atoms with Gasteiger partial charge in [0, 0.05) is 19.2 Å². The predicted octanol–water partition coefficient (Wildman–Crippen LogP) is 1.87. The first-order valence-corrected chi connectivity index (χ1v) is 7.53. The van der Waals surface area contributed by atoms with Crippen LogP contribution in [0.2, 0.25) is 0 Å². The Morgan fingerprint density at radius 3 is 2.55 bits per heavy atom. The number of piperidine rings is 1. The first-order chi connectivity index (χ1) is 10.1. The fourth-order valence-corrected chi connectivity index (χ4v) is 2.49. The third-order valence-electron chi connectivity index (χ3n) is 3.61. The SMILES string of the molecule is CC(=O)Nc1ccc(CCNC(=O)C2CCCCN2)cc1.Cl. The van der Waals surface area contributed by atoms with Gasteiger partial charge in [-0.2, -0.15) is 0 Å². The molecule has 0 bridgehead atoms. The van der Waals surface area contributed by atoms with Crippen molar-refractivity contribution in [2.45, 2.75) is 38.6 Å². The van der Waals surface area contributed by atoms with Crippen molar-refractivity contribution in [3.63, 3.8) is 0 Å². The van der Waals surface area contributed by atoms with E-state index in [0.717, 1.165) is 43.5 Å². The summed E-state index contributed by atoms with van der Waals surface area (Å²) in [5.41, 5.74) is 1.93. The highest BCUT2D eigenvalue weighted by molar-refractivity contribution is 5.88. The molecular weight excluding hydrogens is 302 g/mol. The maximum absolute atomic E-state index is 11.9. The van der Waals surface area contributed by atoms with E-state index < -0.39 is 0 Å². The van der Waals surface area contributed by atoms with Crippen molar-refractivity contribution in [2.24, 2.45) is 0 Å². The maximum atomic E-state index is 11.9. The zero-order valence-corrected chi connectivity index (χ0v) is 13.7. The van der Waals surface area contributed by atoms with Gasteiger partial charge in [0.2, 0.25) is 11.8 Å². The number of benzene rings is 1. The van der Waals surface area contributed by atoms with E-state index in [4.69, 9.17) is 0 Å². The Balaban J connectivity index is 0.00000242. The molecule has 1 aliphatic rings. The number of hydrogen-bond acceptors (Lipinski definition) is 3. The second-order valence-corrected chi connectivity index (χ2v) is 5.42. The zero-order valence-electron chi connectivity index (χ0n) is 12.9. The van der Waals surface area contributed by atoms with Crippen LogP contribution in [0.25, 0.3) is 0 Å². The lowest BCUT2D eigenvalue weighted by atomic mass is 10.0. The Hall–Kier alpha value is -1.59. The van der Waals surface area contributed by atoms with E-state index in [1.165, 1.54) is 6.92 Å². The Morgan fingerprint density at radius 2 is 1.95 bits per heavy atom. The van der Waals surface area contributed by atoms with Crippen LogP contribution in [0.1, 0.15) is 31.7 Å². The number of amides is 2. The smallest absolute Gasteiger partial charge is 0.237 e. The molecule has 0 aromatic heterocycles. The van der Waals surface area contributed by atoms with Crippen LogP contribution in [0, 0.1) is 0 Å². The molecule has 0 aliphatic carbocycles. The third-order valence-corrected chi connectivity index (χ3v) is 3.61. The Kier molecular flexibility index (Phi) is 7.91. The van der Waals surface area contributed by atoms with Crippen LogP contribution < -0.4 is 16.0 Å². The summed E-state index contributed by atoms with van der Waals surface area (Å²) in [7, 11) is 0. The monoisotopic (exact) mass is 325 g/mol. The number of carbonyl (C=O) groups excluding carboxylic acids is 2. The van der Waals surface area contributed by atoms with Crippen molar-refractivity contribution in [2.75, 3.05) is 18.4 Å². The molecular formula is C16H24ClN3O2. The van der Waals surface area contributed by atoms with Crippen molar-refractivity contribution >= 4 is 29.9 Å². The van der Waals surface area contributed by atoms with Crippen LogP contribution in [0.5, 0.6) is 0 Å². The molecule has 1 aromatic rings. The van der Waals surface area contributed by atoms with E-state index in [9.17, 15) is 9.59 Å². The van der Waals surface area contributed by atoms with E-state index in [1.54, 1.807) is 0 Å². The van der Waals surface area contributed by atoms with Crippen LogP contribution in [-0.2, 0) is 16.0 Å². The number of anilines is 1. The largest absolute Gasteiger partial charge is 0.354 e. The van der Waals surface area contributed by atoms with Gasteiger partial charge in [-0.15, -0.1) is 12.4 Å². The lowest BCUT2D eigenvalue weighted by Gasteiger charge is -2.22. The summed E-state index contributed by atoms with van der Waals surface area (Å²) in [6.07, 6.45) is 4.00. The molecule has 2 rings (SSSR count). The van der Waals surface area contributed by atoms with E-state index in [1.807, 2.05) is 24.3 Å².